The normalized spacial score (nSPS) is 15.5. The molecule has 1 aliphatic rings. The summed E-state index contributed by atoms with van der Waals surface area (Å²) < 4.78 is 10.7. The van der Waals surface area contributed by atoms with Gasteiger partial charge < -0.3 is 19.3 Å². The van der Waals surface area contributed by atoms with Gasteiger partial charge in [-0.15, -0.1) is 11.6 Å². The van der Waals surface area contributed by atoms with Gasteiger partial charge in [0.25, 0.3) is 5.91 Å². The number of nitrogens with zero attached hydrogens (tertiary/aromatic N) is 2. The zero-order chi connectivity index (χ0) is 26.1. The maximum Gasteiger partial charge on any atom is 0.260 e. The molecule has 2 amide bonds. The van der Waals surface area contributed by atoms with E-state index in [9.17, 15) is 9.59 Å². The topological polar surface area (TPSA) is 59.1 Å². The number of carbonyl (C=O) groups excluding carboxylic acids is 2. The summed E-state index contributed by atoms with van der Waals surface area (Å²) in [5, 5.41) is 0. The van der Waals surface area contributed by atoms with Crippen molar-refractivity contribution in [3.8, 4) is 5.75 Å². The Hall–Kier alpha value is -1.99. The number of anilines is 2. The van der Waals surface area contributed by atoms with E-state index in [1.165, 1.54) is 0 Å². The first-order valence-corrected chi connectivity index (χ1v) is 12.9. The van der Waals surface area contributed by atoms with Crippen molar-refractivity contribution in [1.82, 2.24) is 0 Å². The first kappa shape index (κ1) is 29.2. The molecule has 2 aromatic carbocycles. The molecule has 192 valence electrons. The number of methoxy groups -OCH3 is 1. The third-order valence-corrected chi connectivity index (χ3v) is 6.25. The van der Waals surface area contributed by atoms with E-state index in [2.05, 4.69) is 13.0 Å². The van der Waals surface area contributed by atoms with Crippen LogP contribution >= 0.6 is 34.8 Å². The van der Waals surface area contributed by atoms with Gasteiger partial charge in [-0.3, -0.25) is 9.59 Å². The molecule has 2 aromatic rings. The number of hydrogen-bond donors (Lipinski definition) is 0. The Balaban J connectivity index is 0.000000250. The minimum Gasteiger partial charge on any atom is -0.489 e. The summed E-state index contributed by atoms with van der Waals surface area (Å²) in [6.07, 6.45) is 0.878. The van der Waals surface area contributed by atoms with Crippen LogP contribution in [0.2, 0.25) is 0 Å². The minimum atomic E-state index is -1.05. The average molecular weight is 544 g/mol. The lowest BCUT2D eigenvalue weighted by molar-refractivity contribution is -0.118. The van der Waals surface area contributed by atoms with Crippen LogP contribution in [0.3, 0.4) is 0 Å². The van der Waals surface area contributed by atoms with Crippen molar-refractivity contribution in [3.63, 3.8) is 0 Å². The maximum atomic E-state index is 12.2. The van der Waals surface area contributed by atoms with Gasteiger partial charge in [-0.05, 0) is 50.5 Å². The van der Waals surface area contributed by atoms with E-state index in [4.69, 9.17) is 44.3 Å². The summed E-state index contributed by atoms with van der Waals surface area (Å²) in [5.41, 5.74) is 3.93. The first-order chi connectivity index (χ1) is 16.7. The summed E-state index contributed by atoms with van der Waals surface area (Å²) in [6.45, 7) is 8.90. The van der Waals surface area contributed by atoms with E-state index in [1.807, 2.05) is 57.2 Å². The fourth-order valence-corrected chi connectivity index (χ4v) is 4.40. The standard InChI is InChI=1S/C15H22ClNO2.C11H11Cl2NO2/c1-5-13-8-6-7-11(2)15(13)17(14(18)9-16)12(3)10-19-4;1-7-6-16-9-5-3-2-4-8(9)14(7)11(15)10(12)13/h6-8,12H,5,9-10H2,1-4H3;2-5,7,10H,6H2,1H3. The number of halogens is 3. The fraction of sp³-hybridized carbons (Fsp3) is 0.462. The quantitative estimate of drug-likeness (QED) is 0.416. The highest BCUT2D eigenvalue weighted by atomic mass is 35.5. The second kappa shape index (κ2) is 13.9. The van der Waals surface area contributed by atoms with Crippen molar-refractivity contribution in [2.45, 2.75) is 51.0 Å². The molecular weight excluding hydrogens is 511 g/mol. The van der Waals surface area contributed by atoms with Gasteiger partial charge in [0.1, 0.15) is 18.2 Å². The van der Waals surface area contributed by atoms with Crippen LogP contribution in [0.15, 0.2) is 42.5 Å². The molecule has 0 spiro atoms. The van der Waals surface area contributed by atoms with Crippen molar-refractivity contribution in [1.29, 1.82) is 0 Å². The molecule has 0 fully saturated rings. The molecule has 6 nitrogen and oxygen atoms in total. The molecular formula is C26H33Cl3N2O4. The molecule has 1 aliphatic heterocycles. The summed E-state index contributed by atoms with van der Waals surface area (Å²) in [5.74, 6) is 0.260. The molecule has 2 atom stereocenters. The van der Waals surface area contributed by atoms with Crippen molar-refractivity contribution in [3.05, 3.63) is 53.6 Å². The minimum absolute atomic E-state index is 0.0223. The van der Waals surface area contributed by atoms with Gasteiger partial charge >= 0.3 is 0 Å². The molecule has 0 saturated heterocycles. The Bertz CT molecular complexity index is 1000. The molecule has 0 radical (unpaired) electrons. The van der Waals surface area contributed by atoms with Crippen LogP contribution in [-0.4, -0.2) is 54.9 Å². The van der Waals surface area contributed by atoms with Crippen LogP contribution in [0.4, 0.5) is 11.4 Å². The smallest absolute Gasteiger partial charge is 0.260 e. The second-order valence-electron chi connectivity index (χ2n) is 8.27. The Morgan fingerprint density at radius 2 is 1.89 bits per heavy atom. The van der Waals surface area contributed by atoms with E-state index in [0.29, 0.717) is 19.0 Å². The SMILES string of the molecule is CC1COc2ccccc2N1C(=O)C(Cl)Cl.CCc1cccc(C)c1N(C(=O)CCl)C(C)COC. The third-order valence-electron chi connectivity index (χ3n) is 5.64. The summed E-state index contributed by atoms with van der Waals surface area (Å²) in [6, 6.07) is 13.3. The van der Waals surface area contributed by atoms with Crippen molar-refractivity contribution in [2.24, 2.45) is 0 Å². The Morgan fingerprint density at radius 1 is 1.20 bits per heavy atom. The number of ether oxygens (including phenoxy) is 2. The number of benzene rings is 2. The van der Waals surface area contributed by atoms with Crippen LogP contribution in [0.5, 0.6) is 5.75 Å². The highest BCUT2D eigenvalue weighted by Crippen LogP contribution is 2.34. The second-order valence-corrected chi connectivity index (χ2v) is 9.64. The van der Waals surface area contributed by atoms with E-state index in [1.54, 1.807) is 16.9 Å². The number of alkyl halides is 3. The molecule has 0 aliphatic carbocycles. The number of rotatable bonds is 7. The molecule has 3 rings (SSSR count). The summed E-state index contributed by atoms with van der Waals surface area (Å²) in [4.78, 5) is 26.4. The predicted octanol–water partition coefficient (Wildman–Crippen LogP) is 5.77. The first-order valence-electron chi connectivity index (χ1n) is 11.5. The van der Waals surface area contributed by atoms with Crippen LogP contribution < -0.4 is 14.5 Å². The van der Waals surface area contributed by atoms with Gasteiger partial charge in [-0.2, -0.15) is 0 Å². The number of para-hydroxylation sites is 3. The number of aryl methyl sites for hydroxylation is 2. The average Bonchev–Trinajstić information content (AvgIpc) is 2.85. The van der Waals surface area contributed by atoms with Crippen LogP contribution in [-0.2, 0) is 20.7 Å². The van der Waals surface area contributed by atoms with Gasteiger partial charge in [0.05, 0.1) is 30.1 Å². The molecule has 1 heterocycles. The van der Waals surface area contributed by atoms with Gasteiger partial charge in [-0.25, -0.2) is 0 Å². The lowest BCUT2D eigenvalue weighted by Gasteiger charge is -2.35. The lowest BCUT2D eigenvalue weighted by Crippen LogP contribution is -2.47. The third kappa shape index (κ3) is 7.26. The fourth-order valence-electron chi connectivity index (χ4n) is 4.06. The van der Waals surface area contributed by atoms with Crippen LogP contribution in [0, 0.1) is 6.92 Å². The van der Waals surface area contributed by atoms with Crippen LogP contribution in [0.25, 0.3) is 0 Å². The van der Waals surface area contributed by atoms with E-state index < -0.39 is 4.84 Å². The molecule has 2 unspecified atom stereocenters. The van der Waals surface area contributed by atoms with Gasteiger partial charge in [0.2, 0.25) is 5.91 Å². The van der Waals surface area contributed by atoms with E-state index in [0.717, 1.165) is 28.9 Å². The number of carbonyl (C=O) groups is 2. The highest BCUT2D eigenvalue weighted by Gasteiger charge is 2.32. The number of amides is 2. The summed E-state index contributed by atoms with van der Waals surface area (Å²) >= 11 is 17.0. The Labute approximate surface area is 223 Å². The van der Waals surface area contributed by atoms with Gasteiger partial charge in [-0.1, -0.05) is 60.5 Å². The zero-order valence-electron chi connectivity index (χ0n) is 20.8. The monoisotopic (exact) mass is 542 g/mol. The molecule has 9 heteroatoms. The largest absolute Gasteiger partial charge is 0.489 e. The van der Waals surface area contributed by atoms with Crippen molar-refractivity contribution >= 4 is 58.0 Å². The van der Waals surface area contributed by atoms with Crippen LogP contribution in [0.1, 0.15) is 31.9 Å². The van der Waals surface area contributed by atoms with Gasteiger partial charge in [0.15, 0.2) is 4.84 Å². The molecule has 0 bridgehead atoms. The predicted molar refractivity (Wildman–Crippen MR) is 144 cm³/mol. The van der Waals surface area contributed by atoms with Crippen molar-refractivity contribution in [2.75, 3.05) is 36.0 Å². The molecule has 0 N–H and O–H groups in total. The van der Waals surface area contributed by atoms with Gasteiger partial charge in [0, 0.05) is 7.11 Å². The van der Waals surface area contributed by atoms with Crippen molar-refractivity contribution < 1.29 is 19.1 Å². The number of fused-ring (bicyclic) bond motifs is 1. The molecule has 35 heavy (non-hydrogen) atoms. The zero-order valence-corrected chi connectivity index (χ0v) is 23.0. The number of hydrogen-bond acceptors (Lipinski definition) is 4. The van der Waals surface area contributed by atoms with E-state index in [-0.39, 0.29) is 29.8 Å². The Morgan fingerprint density at radius 3 is 2.49 bits per heavy atom. The molecule has 0 saturated carbocycles. The molecule has 0 aromatic heterocycles. The lowest BCUT2D eigenvalue weighted by atomic mass is 10.0. The Kier molecular flexibility index (Phi) is 11.6. The van der Waals surface area contributed by atoms with E-state index >= 15 is 0 Å². The highest BCUT2D eigenvalue weighted by molar-refractivity contribution is 6.54. The summed E-state index contributed by atoms with van der Waals surface area (Å²) in [7, 11) is 1.64. The maximum absolute atomic E-state index is 12.2.